The Kier molecular flexibility index (Phi) is 6.43. The van der Waals surface area contributed by atoms with Gasteiger partial charge < -0.3 is 9.47 Å². The van der Waals surface area contributed by atoms with Gasteiger partial charge in [0.1, 0.15) is 5.75 Å². The summed E-state index contributed by atoms with van der Waals surface area (Å²) in [6.45, 7) is 5.05. The zero-order valence-corrected chi connectivity index (χ0v) is 11.6. The molecule has 5 heteroatoms. The predicted molar refractivity (Wildman–Crippen MR) is 74.5 cm³/mol. The third-order valence-electron chi connectivity index (χ3n) is 2.40. The van der Waals surface area contributed by atoms with Crippen molar-refractivity contribution in [2.45, 2.75) is 20.3 Å². The molecule has 0 atom stereocenters. The Morgan fingerprint density at radius 1 is 1.37 bits per heavy atom. The van der Waals surface area contributed by atoms with Crippen LogP contribution in [0.15, 0.2) is 29.4 Å². The largest absolute Gasteiger partial charge is 0.494 e. The van der Waals surface area contributed by atoms with Gasteiger partial charge in [-0.15, -0.1) is 0 Å². The lowest BCUT2D eigenvalue weighted by Crippen LogP contribution is -2.16. The van der Waals surface area contributed by atoms with E-state index in [-0.39, 0.29) is 0 Å². The van der Waals surface area contributed by atoms with Crippen molar-refractivity contribution in [1.82, 2.24) is 5.43 Å². The Bertz CT molecular complexity index is 413. The van der Waals surface area contributed by atoms with E-state index in [2.05, 4.69) is 29.1 Å². The van der Waals surface area contributed by atoms with E-state index in [4.69, 9.17) is 4.74 Å². The maximum atomic E-state index is 10.8. The van der Waals surface area contributed by atoms with E-state index in [0.29, 0.717) is 5.92 Å². The van der Waals surface area contributed by atoms with Gasteiger partial charge in [0.2, 0.25) is 0 Å². The van der Waals surface area contributed by atoms with Crippen molar-refractivity contribution < 1.29 is 14.3 Å². The first-order chi connectivity index (χ1) is 9.11. The van der Waals surface area contributed by atoms with Crippen LogP contribution in [-0.2, 0) is 4.74 Å². The molecule has 0 unspecified atom stereocenters. The lowest BCUT2D eigenvalue weighted by molar-refractivity contribution is 0.171. The van der Waals surface area contributed by atoms with E-state index in [0.717, 1.165) is 24.3 Å². The number of hydrazone groups is 1. The summed E-state index contributed by atoms with van der Waals surface area (Å²) < 4.78 is 9.98. The van der Waals surface area contributed by atoms with E-state index < -0.39 is 6.09 Å². The normalized spacial score (nSPS) is 10.7. The van der Waals surface area contributed by atoms with Crippen molar-refractivity contribution in [3.63, 3.8) is 0 Å². The number of hydrogen-bond acceptors (Lipinski definition) is 4. The van der Waals surface area contributed by atoms with Crippen LogP contribution in [0.25, 0.3) is 0 Å². The second-order valence-corrected chi connectivity index (χ2v) is 4.46. The number of benzene rings is 1. The average Bonchev–Trinajstić information content (AvgIpc) is 2.40. The number of nitrogens with one attached hydrogen (secondary N) is 1. The van der Waals surface area contributed by atoms with Crippen molar-refractivity contribution in [1.29, 1.82) is 0 Å². The lowest BCUT2D eigenvalue weighted by atomic mass is 10.1. The van der Waals surface area contributed by atoms with Crippen LogP contribution in [0.2, 0.25) is 0 Å². The Morgan fingerprint density at radius 3 is 2.63 bits per heavy atom. The molecule has 0 heterocycles. The second-order valence-electron chi connectivity index (χ2n) is 4.46. The molecule has 0 aliphatic heterocycles. The molecular weight excluding hydrogens is 244 g/mol. The van der Waals surface area contributed by atoms with Crippen LogP contribution in [0.4, 0.5) is 4.79 Å². The number of carbonyl (C=O) groups is 1. The van der Waals surface area contributed by atoms with Gasteiger partial charge >= 0.3 is 6.09 Å². The van der Waals surface area contributed by atoms with Gasteiger partial charge in [0.15, 0.2) is 0 Å². The van der Waals surface area contributed by atoms with Gasteiger partial charge in [-0.05, 0) is 42.2 Å². The number of nitrogens with zero attached hydrogens (tertiary/aromatic N) is 1. The molecule has 0 fully saturated rings. The number of amides is 1. The van der Waals surface area contributed by atoms with Gasteiger partial charge in [-0.2, -0.15) is 5.10 Å². The van der Waals surface area contributed by atoms with Gasteiger partial charge in [-0.1, -0.05) is 13.8 Å². The molecule has 0 bridgehead atoms. The Morgan fingerprint density at radius 2 is 2.05 bits per heavy atom. The molecule has 19 heavy (non-hydrogen) atoms. The summed E-state index contributed by atoms with van der Waals surface area (Å²) in [5.41, 5.74) is 3.09. The summed E-state index contributed by atoms with van der Waals surface area (Å²) in [6, 6.07) is 7.49. The van der Waals surface area contributed by atoms with E-state index >= 15 is 0 Å². The lowest BCUT2D eigenvalue weighted by Gasteiger charge is -2.07. The highest BCUT2D eigenvalue weighted by molar-refractivity contribution is 5.80. The van der Waals surface area contributed by atoms with Gasteiger partial charge in [0.25, 0.3) is 0 Å². The first-order valence-corrected chi connectivity index (χ1v) is 6.21. The zero-order valence-electron chi connectivity index (χ0n) is 11.6. The Labute approximate surface area is 113 Å². The summed E-state index contributed by atoms with van der Waals surface area (Å²) >= 11 is 0. The fraction of sp³-hybridized carbons (Fsp3) is 0.429. The minimum absolute atomic E-state index is 0.593. The molecule has 0 aliphatic rings. The van der Waals surface area contributed by atoms with Gasteiger partial charge in [-0.3, -0.25) is 0 Å². The molecule has 1 N–H and O–H groups in total. The summed E-state index contributed by atoms with van der Waals surface area (Å²) in [6.07, 6.45) is 1.98. The summed E-state index contributed by atoms with van der Waals surface area (Å²) in [7, 11) is 1.29. The topological polar surface area (TPSA) is 59.9 Å². The van der Waals surface area contributed by atoms with Crippen molar-refractivity contribution >= 4 is 12.3 Å². The molecule has 1 aromatic carbocycles. The molecule has 0 aliphatic carbocycles. The number of carbonyl (C=O) groups excluding carboxylic acids is 1. The SMILES string of the molecule is COC(=O)N/N=C\c1ccc(OCCC(C)C)cc1. The van der Waals surface area contributed by atoms with Crippen molar-refractivity contribution in [3.8, 4) is 5.75 Å². The van der Waals surface area contributed by atoms with Gasteiger partial charge in [0.05, 0.1) is 19.9 Å². The van der Waals surface area contributed by atoms with Crippen LogP contribution in [0.5, 0.6) is 5.75 Å². The number of hydrogen-bond donors (Lipinski definition) is 1. The van der Waals surface area contributed by atoms with Crippen LogP contribution in [0.1, 0.15) is 25.8 Å². The van der Waals surface area contributed by atoms with E-state index in [1.54, 1.807) is 0 Å². The molecule has 5 nitrogen and oxygen atoms in total. The molecule has 0 saturated carbocycles. The van der Waals surface area contributed by atoms with Crippen LogP contribution >= 0.6 is 0 Å². The molecule has 1 amide bonds. The van der Waals surface area contributed by atoms with E-state index in [1.165, 1.54) is 13.3 Å². The highest BCUT2D eigenvalue weighted by Crippen LogP contribution is 2.12. The van der Waals surface area contributed by atoms with Crippen LogP contribution < -0.4 is 10.2 Å². The van der Waals surface area contributed by atoms with Crippen molar-refractivity contribution in [3.05, 3.63) is 29.8 Å². The molecule has 0 radical (unpaired) electrons. The third kappa shape index (κ3) is 6.45. The fourth-order valence-electron chi connectivity index (χ4n) is 1.27. The summed E-state index contributed by atoms with van der Waals surface area (Å²) in [5.74, 6) is 1.47. The Hall–Kier alpha value is -2.04. The molecule has 0 saturated heterocycles. The minimum atomic E-state index is -0.593. The van der Waals surface area contributed by atoms with Crippen LogP contribution in [0, 0.1) is 5.92 Å². The molecular formula is C14H20N2O3. The number of rotatable bonds is 6. The smallest absolute Gasteiger partial charge is 0.427 e. The maximum Gasteiger partial charge on any atom is 0.427 e. The van der Waals surface area contributed by atoms with E-state index in [9.17, 15) is 4.79 Å². The standard InChI is InChI=1S/C14H20N2O3/c1-11(2)8-9-19-13-6-4-12(5-7-13)10-15-16-14(17)18-3/h4-7,10-11H,8-9H2,1-3H3,(H,16,17)/b15-10-. The zero-order chi connectivity index (χ0) is 14.1. The molecule has 0 spiro atoms. The average molecular weight is 264 g/mol. The third-order valence-corrected chi connectivity index (χ3v) is 2.40. The number of methoxy groups -OCH3 is 1. The van der Waals surface area contributed by atoms with Crippen LogP contribution in [0.3, 0.4) is 0 Å². The first-order valence-electron chi connectivity index (χ1n) is 6.21. The molecule has 1 aromatic rings. The van der Waals surface area contributed by atoms with Crippen molar-refractivity contribution in [2.24, 2.45) is 11.0 Å². The minimum Gasteiger partial charge on any atom is -0.494 e. The molecule has 104 valence electrons. The van der Waals surface area contributed by atoms with Gasteiger partial charge in [-0.25, -0.2) is 10.2 Å². The Balaban J connectivity index is 2.41. The van der Waals surface area contributed by atoms with Crippen LogP contribution in [-0.4, -0.2) is 26.0 Å². The highest BCUT2D eigenvalue weighted by Gasteiger charge is 1.97. The molecule has 0 aromatic heterocycles. The second kappa shape index (κ2) is 8.13. The summed E-state index contributed by atoms with van der Waals surface area (Å²) in [5, 5.41) is 3.74. The monoisotopic (exact) mass is 264 g/mol. The first kappa shape index (κ1) is 15.0. The molecule has 1 rings (SSSR count). The van der Waals surface area contributed by atoms with Crippen molar-refractivity contribution in [2.75, 3.05) is 13.7 Å². The quantitative estimate of drug-likeness (QED) is 0.635. The number of ether oxygens (including phenoxy) is 2. The highest BCUT2D eigenvalue weighted by atomic mass is 16.5. The summed E-state index contributed by atoms with van der Waals surface area (Å²) in [4.78, 5) is 10.8. The van der Waals surface area contributed by atoms with Gasteiger partial charge in [0, 0.05) is 0 Å². The van der Waals surface area contributed by atoms with E-state index in [1.807, 2.05) is 24.3 Å². The maximum absolute atomic E-state index is 10.8. The fourth-order valence-corrected chi connectivity index (χ4v) is 1.27. The predicted octanol–water partition coefficient (Wildman–Crippen LogP) is 2.80.